The fourth-order valence-corrected chi connectivity index (χ4v) is 3.86. The molecule has 0 saturated heterocycles. The fraction of sp³-hybridized carbons (Fsp3) is 0.133. The van der Waals surface area contributed by atoms with Gasteiger partial charge in [-0.25, -0.2) is 9.78 Å². The van der Waals surface area contributed by atoms with Gasteiger partial charge in [0.25, 0.3) is 0 Å². The van der Waals surface area contributed by atoms with E-state index < -0.39 is 11.6 Å². The number of nitrogens with zero attached hydrogens (tertiary/aromatic N) is 5. The summed E-state index contributed by atoms with van der Waals surface area (Å²) in [6, 6.07) is 9.02. The molecule has 9 nitrogen and oxygen atoms in total. The molecule has 0 aliphatic rings. The zero-order valence-electron chi connectivity index (χ0n) is 13.4. The van der Waals surface area contributed by atoms with Crippen LogP contribution in [-0.2, 0) is 11.3 Å². The second-order valence-electron chi connectivity index (χ2n) is 5.18. The van der Waals surface area contributed by atoms with E-state index in [1.54, 1.807) is 25.3 Å². The number of anilines is 1. The van der Waals surface area contributed by atoms with Crippen molar-refractivity contribution in [1.29, 1.82) is 0 Å². The van der Waals surface area contributed by atoms with Crippen molar-refractivity contribution in [3.63, 3.8) is 0 Å². The van der Waals surface area contributed by atoms with Crippen LogP contribution in [0.15, 0.2) is 40.5 Å². The molecule has 1 aromatic carbocycles. The summed E-state index contributed by atoms with van der Waals surface area (Å²) in [6.45, 7) is -0.247. The SMILES string of the molecule is COc1ccc2nc(NC(=O)Cn3nnn(-c4cccs4)c3=O)sc2c1. The Bertz CT molecular complexity index is 1130. The van der Waals surface area contributed by atoms with Gasteiger partial charge in [0.1, 0.15) is 17.3 Å². The highest BCUT2D eigenvalue weighted by Gasteiger charge is 2.14. The van der Waals surface area contributed by atoms with Gasteiger partial charge in [-0.2, -0.15) is 9.36 Å². The first-order chi connectivity index (χ1) is 12.6. The van der Waals surface area contributed by atoms with Crippen LogP contribution in [0.4, 0.5) is 5.13 Å². The number of carbonyl (C=O) groups excluding carboxylic acids is 1. The summed E-state index contributed by atoms with van der Waals surface area (Å²) in [5.74, 6) is 0.312. The van der Waals surface area contributed by atoms with Crippen molar-refractivity contribution in [2.24, 2.45) is 0 Å². The zero-order chi connectivity index (χ0) is 18.1. The first kappa shape index (κ1) is 16.4. The van der Waals surface area contributed by atoms with Crippen molar-refractivity contribution in [3.8, 4) is 10.8 Å². The molecule has 4 rings (SSSR count). The maximum atomic E-state index is 12.3. The van der Waals surface area contributed by atoms with E-state index in [0.29, 0.717) is 10.1 Å². The maximum Gasteiger partial charge on any atom is 0.369 e. The number of ether oxygens (including phenoxy) is 1. The number of rotatable bonds is 5. The van der Waals surface area contributed by atoms with Crippen LogP contribution in [0.25, 0.3) is 15.2 Å². The van der Waals surface area contributed by atoms with Crippen molar-refractivity contribution in [2.75, 3.05) is 12.4 Å². The minimum Gasteiger partial charge on any atom is -0.497 e. The number of amides is 1. The highest BCUT2D eigenvalue weighted by atomic mass is 32.1. The van der Waals surface area contributed by atoms with E-state index in [4.69, 9.17) is 4.74 Å². The Balaban J connectivity index is 1.50. The van der Waals surface area contributed by atoms with Gasteiger partial charge in [-0.1, -0.05) is 11.3 Å². The summed E-state index contributed by atoms with van der Waals surface area (Å²) < 4.78 is 8.22. The number of tetrazole rings is 1. The van der Waals surface area contributed by atoms with Gasteiger partial charge in [0.2, 0.25) is 5.91 Å². The van der Waals surface area contributed by atoms with Gasteiger partial charge >= 0.3 is 5.69 Å². The highest BCUT2D eigenvalue weighted by Crippen LogP contribution is 2.29. The molecule has 0 unspecified atom stereocenters. The largest absolute Gasteiger partial charge is 0.497 e. The second kappa shape index (κ2) is 6.69. The summed E-state index contributed by atoms with van der Waals surface area (Å²) in [6.07, 6.45) is 0. The van der Waals surface area contributed by atoms with E-state index in [-0.39, 0.29) is 6.54 Å². The van der Waals surface area contributed by atoms with Crippen LogP contribution >= 0.6 is 22.7 Å². The Morgan fingerprint density at radius 2 is 2.19 bits per heavy atom. The molecular formula is C15H12N6O3S2. The molecule has 3 aromatic heterocycles. The molecule has 0 saturated carbocycles. The van der Waals surface area contributed by atoms with Crippen molar-refractivity contribution >= 4 is 43.9 Å². The number of carbonyl (C=O) groups is 1. The summed E-state index contributed by atoms with van der Waals surface area (Å²) >= 11 is 2.68. The molecule has 0 aliphatic carbocycles. The minimum absolute atomic E-state index is 0.247. The van der Waals surface area contributed by atoms with Crippen LogP contribution in [0.2, 0.25) is 0 Å². The molecule has 0 fully saturated rings. The maximum absolute atomic E-state index is 12.3. The second-order valence-corrected chi connectivity index (χ2v) is 7.14. The van der Waals surface area contributed by atoms with Gasteiger partial charge in [-0.05, 0) is 46.1 Å². The van der Waals surface area contributed by atoms with E-state index >= 15 is 0 Å². The predicted molar refractivity (Wildman–Crippen MR) is 98.3 cm³/mol. The van der Waals surface area contributed by atoms with E-state index in [1.807, 2.05) is 17.5 Å². The molecule has 0 atom stereocenters. The van der Waals surface area contributed by atoms with E-state index in [9.17, 15) is 9.59 Å². The summed E-state index contributed by atoms with van der Waals surface area (Å²) in [5.41, 5.74) is 0.281. The fourth-order valence-electron chi connectivity index (χ4n) is 2.28. The van der Waals surface area contributed by atoms with Crippen molar-refractivity contribution < 1.29 is 9.53 Å². The predicted octanol–water partition coefficient (Wildman–Crippen LogP) is 1.75. The number of aromatic nitrogens is 5. The van der Waals surface area contributed by atoms with Crippen LogP contribution in [-0.4, -0.2) is 37.8 Å². The summed E-state index contributed by atoms with van der Waals surface area (Å²) in [7, 11) is 1.59. The highest BCUT2D eigenvalue weighted by molar-refractivity contribution is 7.22. The Morgan fingerprint density at radius 1 is 1.31 bits per heavy atom. The number of fused-ring (bicyclic) bond motifs is 1. The first-order valence-electron chi connectivity index (χ1n) is 7.45. The number of thiazole rings is 1. The molecular weight excluding hydrogens is 376 g/mol. The molecule has 0 radical (unpaired) electrons. The van der Waals surface area contributed by atoms with E-state index in [0.717, 1.165) is 25.3 Å². The summed E-state index contributed by atoms with van der Waals surface area (Å²) in [5, 5.41) is 13.1. The lowest BCUT2D eigenvalue weighted by molar-refractivity contribution is -0.117. The molecule has 3 heterocycles. The molecule has 4 aromatic rings. The molecule has 1 N–H and O–H groups in total. The Kier molecular flexibility index (Phi) is 4.22. The number of benzene rings is 1. The molecule has 11 heteroatoms. The molecule has 0 spiro atoms. The van der Waals surface area contributed by atoms with Gasteiger partial charge in [-0.3, -0.25) is 4.79 Å². The van der Waals surface area contributed by atoms with Gasteiger partial charge in [0, 0.05) is 0 Å². The monoisotopic (exact) mass is 388 g/mol. The summed E-state index contributed by atoms with van der Waals surface area (Å²) in [4.78, 5) is 28.8. The Hall–Kier alpha value is -3.05. The van der Waals surface area contributed by atoms with Gasteiger partial charge in [0.15, 0.2) is 5.13 Å². The average molecular weight is 388 g/mol. The topological polar surface area (TPSA) is 104 Å². The van der Waals surface area contributed by atoms with Crippen LogP contribution in [0, 0.1) is 0 Å². The number of hydrogen-bond donors (Lipinski definition) is 1. The number of thiophene rings is 1. The Morgan fingerprint density at radius 3 is 2.96 bits per heavy atom. The standard InChI is InChI=1S/C15H12N6O3S2/c1-24-9-4-5-10-11(7-9)26-14(16-10)17-12(22)8-20-15(23)21(19-18-20)13-3-2-6-25-13/h2-7H,8H2,1H3,(H,16,17,22). The third-order valence-electron chi connectivity index (χ3n) is 3.49. The molecule has 1 amide bonds. The van der Waals surface area contributed by atoms with Crippen molar-refractivity contribution in [1.82, 2.24) is 24.8 Å². The zero-order valence-corrected chi connectivity index (χ0v) is 15.1. The molecule has 0 bridgehead atoms. The molecule has 0 aliphatic heterocycles. The lowest BCUT2D eigenvalue weighted by Gasteiger charge is -1.99. The van der Waals surface area contributed by atoms with Crippen LogP contribution in [0.5, 0.6) is 5.75 Å². The van der Waals surface area contributed by atoms with E-state index in [2.05, 4.69) is 20.7 Å². The third-order valence-corrected chi connectivity index (χ3v) is 5.27. The number of hydrogen-bond acceptors (Lipinski definition) is 8. The van der Waals surface area contributed by atoms with Crippen LogP contribution < -0.4 is 15.7 Å². The van der Waals surface area contributed by atoms with Gasteiger partial charge in [-0.15, -0.1) is 11.3 Å². The quantitative estimate of drug-likeness (QED) is 0.559. The van der Waals surface area contributed by atoms with Gasteiger partial charge in [0.05, 0.1) is 17.3 Å². The minimum atomic E-state index is -0.475. The van der Waals surface area contributed by atoms with E-state index in [1.165, 1.54) is 22.7 Å². The van der Waals surface area contributed by atoms with Crippen molar-refractivity contribution in [2.45, 2.75) is 6.54 Å². The smallest absolute Gasteiger partial charge is 0.369 e. The lowest BCUT2D eigenvalue weighted by atomic mass is 10.3. The molecule has 132 valence electrons. The van der Waals surface area contributed by atoms with Gasteiger partial charge < -0.3 is 10.1 Å². The third kappa shape index (κ3) is 3.09. The molecule has 26 heavy (non-hydrogen) atoms. The Labute approximate surface area is 154 Å². The first-order valence-corrected chi connectivity index (χ1v) is 9.15. The van der Waals surface area contributed by atoms with Crippen LogP contribution in [0.1, 0.15) is 0 Å². The average Bonchev–Trinajstić information content (AvgIpc) is 3.35. The van der Waals surface area contributed by atoms with Crippen molar-refractivity contribution in [3.05, 3.63) is 46.2 Å². The number of nitrogens with one attached hydrogen (secondary N) is 1. The lowest BCUT2D eigenvalue weighted by Crippen LogP contribution is -2.29. The number of methoxy groups -OCH3 is 1. The van der Waals surface area contributed by atoms with Crippen LogP contribution in [0.3, 0.4) is 0 Å². The normalized spacial score (nSPS) is 11.0.